The summed E-state index contributed by atoms with van der Waals surface area (Å²) >= 11 is 0. The quantitative estimate of drug-likeness (QED) is 0.623. The molecular weight excluding hydrogens is 498 g/mol. The maximum Gasteiger partial charge on any atom is 0.410 e. The second-order valence-electron chi connectivity index (χ2n) is 11.9. The predicted molar refractivity (Wildman–Crippen MR) is 147 cm³/mol. The minimum atomic E-state index is -0.459. The molecule has 0 saturated carbocycles. The van der Waals surface area contributed by atoms with E-state index in [1.807, 2.05) is 33.9 Å². The van der Waals surface area contributed by atoms with E-state index in [0.29, 0.717) is 25.2 Å². The first kappa shape index (κ1) is 26.1. The van der Waals surface area contributed by atoms with E-state index in [2.05, 4.69) is 31.2 Å². The van der Waals surface area contributed by atoms with Gasteiger partial charge in [-0.3, -0.25) is 9.88 Å². The second-order valence-corrected chi connectivity index (χ2v) is 11.9. The van der Waals surface area contributed by atoms with Crippen LogP contribution in [-0.2, 0) is 9.47 Å². The molecule has 4 aliphatic rings. The number of rotatable bonds is 3. The fourth-order valence-corrected chi connectivity index (χ4v) is 5.86. The lowest BCUT2D eigenvalue weighted by atomic mass is 9.91. The maximum atomic E-state index is 12.3. The van der Waals surface area contributed by atoms with E-state index in [-0.39, 0.29) is 12.2 Å². The average Bonchev–Trinajstić information content (AvgIpc) is 3.03. The van der Waals surface area contributed by atoms with Crippen LogP contribution in [0.3, 0.4) is 0 Å². The molecule has 0 radical (unpaired) electrons. The summed E-state index contributed by atoms with van der Waals surface area (Å²) in [5.74, 6) is 2.79. The van der Waals surface area contributed by atoms with Crippen LogP contribution in [0.1, 0.15) is 63.8 Å². The molecule has 2 aromatic heterocycles. The molecule has 1 N–H and O–H groups in total. The number of pyridine rings is 1. The molecule has 0 aromatic carbocycles. The molecule has 3 fully saturated rings. The minimum Gasteiger partial charge on any atom is -0.482 e. The number of piperidine rings is 1. The average molecular weight is 538 g/mol. The van der Waals surface area contributed by atoms with Gasteiger partial charge in [0.05, 0.1) is 30.7 Å². The highest BCUT2D eigenvalue weighted by Crippen LogP contribution is 2.42. The Balaban J connectivity index is 1.10. The smallest absolute Gasteiger partial charge is 0.410 e. The molecule has 4 aliphatic heterocycles. The fraction of sp³-hybridized carbons (Fsp3) is 0.643. The third-order valence-corrected chi connectivity index (χ3v) is 8.00. The molecule has 6 heterocycles. The summed E-state index contributed by atoms with van der Waals surface area (Å²) < 4.78 is 17.4. The zero-order valence-electron chi connectivity index (χ0n) is 23.4. The summed E-state index contributed by atoms with van der Waals surface area (Å²) in [6.07, 6.45) is 5.11. The third kappa shape index (κ3) is 5.47. The number of anilines is 3. The lowest BCUT2D eigenvalue weighted by Crippen LogP contribution is -2.62. The van der Waals surface area contributed by atoms with E-state index < -0.39 is 5.60 Å². The van der Waals surface area contributed by atoms with Crippen LogP contribution in [-0.4, -0.2) is 95.0 Å². The number of hydrogen-bond donors (Lipinski definition) is 1. The number of carbonyl (C=O) groups excluding carboxylic acids is 1. The number of fused-ring (bicyclic) bond motifs is 2. The fourth-order valence-electron chi connectivity index (χ4n) is 5.86. The van der Waals surface area contributed by atoms with Crippen molar-refractivity contribution in [3.8, 4) is 5.75 Å². The first-order valence-electron chi connectivity index (χ1n) is 14.1. The first-order valence-corrected chi connectivity index (χ1v) is 14.1. The zero-order valence-corrected chi connectivity index (χ0v) is 23.4. The molecule has 39 heavy (non-hydrogen) atoms. The third-order valence-electron chi connectivity index (χ3n) is 8.00. The Kier molecular flexibility index (Phi) is 6.96. The highest BCUT2D eigenvalue weighted by molar-refractivity contribution is 5.72. The summed E-state index contributed by atoms with van der Waals surface area (Å²) in [5.41, 5.74) is 2.48. The highest BCUT2D eigenvalue weighted by atomic mass is 16.6. The van der Waals surface area contributed by atoms with Crippen molar-refractivity contribution in [2.24, 2.45) is 0 Å². The number of likely N-dealkylation sites (tertiary alicyclic amines) is 2. The number of ether oxygens (including phenoxy) is 3. The molecule has 11 heteroatoms. The number of hydrogen-bond acceptors (Lipinski definition) is 10. The number of nitrogens with zero attached hydrogens (tertiary/aromatic N) is 6. The number of amides is 1. The highest BCUT2D eigenvalue weighted by Gasteiger charge is 2.38. The van der Waals surface area contributed by atoms with Gasteiger partial charge >= 0.3 is 6.09 Å². The molecule has 1 atom stereocenters. The van der Waals surface area contributed by atoms with E-state index in [9.17, 15) is 4.79 Å². The van der Waals surface area contributed by atoms with Crippen LogP contribution in [0, 0.1) is 0 Å². The number of carbonyl (C=O) groups is 1. The SMILES string of the molecule is C[C@@H]1Oc2cnc(C3CCN(C4CN(C(=O)OC(C)(C)C)C4)CC3)cc2Nc2ncnc(N3CCOCC3)c21. The summed E-state index contributed by atoms with van der Waals surface area (Å²) in [7, 11) is 0. The van der Waals surface area contributed by atoms with Crippen LogP contribution in [0.4, 0.5) is 22.1 Å². The van der Waals surface area contributed by atoms with Crippen molar-refractivity contribution in [1.82, 2.24) is 24.8 Å². The Morgan fingerprint density at radius 2 is 1.82 bits per heavy atom. The van der Waals surface area contributed by atoms with Crippen LogP contribution < -0.4 is 15.0 Å². The molecule has 11 nitrogen and oxygen atoms in total. The van der Waals surface area contributed by atoms with E-state index in [1.165, 1.54) is 0 Å². The van der Waals surface area contributed by atoms with Crippen LogP contribution in [0.25, 0.3) is 0 Å². The van der Waals surface area contributed by atoms with Crippen molar-refractivity contribution in [3.05, 3.63) is 29.8 Å². The van der Waals surface area contributed by atoms with Crippen LogP contribution in [0.15, 0.2) is 18.6 Å². The Morgan fingerprint density at radius 1 is 1.08 bits per heavy atom. The molecule has 210 valence electrons. The number of morpholine rings is 1. The Labute approximate surface area is 229 Å². The number of nitrogens with one attached hydrogen (secondary N) is 1. The predicted octanol–water partition coefficient (Wildman–Crippen LogP) is 3.70. The monoisotopic (exact) mass is 537 g/mol. The van der Waals surface area contributed by atoms with Crippen molar-refractivity contribution in [2.45, 2.75) is 64.2 Å². The molecule has 1 amide bonds. The van der Waals surface area contributed by atoms with Crippen molar-refractivity contribution < 1.29 is 19.0 Å². The van der Waals surface area contributed by atoms with Gasteiger partial charge in [-0.25, -0.2) is 14.8 Å². The molecule has 3 saturated heterocycles. The zero-order chi connectivity index (χ0) is 27.1. The van der Waals surface area contributed by atoms with E-state index in [1.54, 1.807) is 11.2 Å². The van der Waals surface area contributed by atoms with Crippen molar-refractivity contribution >= 4 is 23.4 Å². The summed E-state index contributed by atoms with van der Waals surface area (Å²) in [4.78, 5) is 32.9. The molecule has 2 aromatic rings. The van der Waals surface area contributed by atoms with Gasteiger partial charge in [-0.1, -0.05) is 0 Å². The van der Waals surface area contributed by atoms with Gasteiger partial charge in [-0.05, 0) is 59.7 Å². The Hall–Kier alpha value is -3.18. The van der Waals surface area contributed by atoms with Crippen LogP contribution in [0.5, 0.6) is 5.75 Å². The number of aromatic nitrogens is 3. The minimum absolute atomic E-state index is 0.212. The topological polar surface area (TPSA) is 105 Å². The molecule has 0 unspecified atom stereocenters. The van der Waals surface area contributed by atoms with Gasteiger partial charge < -0.3 is 29.3 Å². The lowest BCUT2D eigenvalue weighted by Gasteiger charge is -2.47. The van der Waals surface area contributed by atoms with Crippen molar-refractivity contribution in [2.75, 3.05) is 62.7 Å². The van der Waals surface area contributed by atoms with E-state index >= 15 is 0 Å². The van der Waals surface area contributed by atoms with Crippen molar-refractivity contribution in [1.29, 1.82) is 0 Å². The Bertz CT molecular complexity index is 1200. The maximum absolute atomic E-state index is 12.3. The molecule has 0 bridgehead atoms. The molecule has 0 aliphatic carbocycles. The van der Waals surface area contributed by atoms with Crippen LogP contribution in [0.2, 0.25) is 0 Å². The standard InChI is InChI=1S/C28H39N7O4/c1-18-24-25(30-17-31-26(24)34-9-11-37-12-10-34)32-22-13-21(29-14-23(22)38-18)19-5-7-33(8-6-19)20-15-35(16-20)27(36)39-28(2,3)4/h13-14,17-20H,5-12,15-16H2,1-4H3,(H,30,31,32)/t18-/m0/s1. The normalized spacial score (nSPS) is 22.6. The largest absolute Gasteiger partial charge is 0.482 e. The summed E-state index contributed by atoms with van der Waals surface area (Å²) in [5, 5.41) is 3.54. The van der Waals surface area contributed by atoms with Crippen LogP contribution >= 0.6 is 0 Å². The van der Waals surface area contributed by atoms with Gasteiger partial charge in [0, 0.05) is 43.8 Å². The van der Waals surface area contributed by atoms with Gasteiger partial charge in [-0.15, -0.1) is 0 Å². The van der Waals surface area contributed by atoms with Gasteiger partial charge in [0.2, 0.25) is 0 Å². The molecule has 6 rings (SSSR count). The van der Waals surface area contributed by atoms with E-state index in [0.717, 1.165) is 86.4 Å². The van der Waals surface area contributed by atoms with Gasteiger partial charge in [0.15, 0.2) is 5.75 Å². The molecular formula is C28H39N7O4. The molecule has 0 spiro atoms. The van der Waals surface area contributed by atoms with Gasteiger partial charge in [0.1, 0.15) is 29.7 Å². The Morgan fingerprint density at radius 3 is 2.54 bits per heavy atom. The summed E-state index contributed by atoms with van der Waals surface area (Å²) in [6.45, 7) is 14.2. The second kappa shape index (κ2) is 10.4. The summed E-state index contributed by atoms with van der Waals surface area (Å²) in [6, 6.07) is 2.54. The van der Waals surface area contributed by atoms with Crippen molar-refractivity contribution in [3.63, 3.8) is 0 Å². The van der Waals surface area contributed by atoms with Gasteiger partial charge in [-0.2, -0.15) is 0 Å². The first-order chi connectivity index (χ1) is 18.7. The van der Waals surface area contributed by atoms with E-state index in [4.69, 9.17) is 19.2 Å². The lowest BCUT2D eigenvalue weighted by molar-refractivity contribution is -0.0197. The van der Waals surface area contributed by atoms with Gasteiger partial charge in [0.25, 0.3) is 0 Å².